The van der Waals surface area contributed by atoms with Gasteiger partial charge in [-0.2, -0.15) is 11.8 Å². The van der Waals surface area contributed by atoms with Crippen LogP contribution >= 0.6 is 27.7 Å². The molecule has 1 aromatic rings. The van der Waals surface area contributed by atoms with E-state index >= 15 is 0 Å². The predicted octanol–water partition coefficient (Wildman–Crippen LogP) is 3.33. The van der Waals surface area contributed by atoms with Crippen LogP contribution in [-0.2, 0) is 11.3 Å². The Morgan fingerprint density at radius 3 is 2.80 bits per heavy atom. The van der Waals surface area contributed by atoms with Crippen LogP contribution in [0.15, 0.2) is 30.3 Å². The van der Waals surface area contributed by atoms with E-state index in [9.17, 15) is 0 Å². The highest BCUT2D eigenvalue weighted by Gasteiger charge is 2.27. The summed E-state index contributed by atoms with van der Waals surface area (Å²) in [5.41, 5.74) is 1.27. The highest BCUT2D eigenvalue weighted by molar-refractivity contribution is 9.09. The molecule has 82 valence electrons. The molecule has 0 N–H and O–H groups in total. The Labute approximate surface area is 104 Å². The number of hydrogen-bond donors (Lipinski definition) is 0. The zero-order chi connectivity index (χ0) is 10.5. The summed E-state index contributed by atoms with van der Waals surface area (Å²) in [5.74, 6) is 3.05. The number of benzene rings is 1. The molecule has 0 spiro atoms. The molecule has 1 aliphatic rings. The Morgan fingerprint density at radius 2 is 2.07 bits per heavy atom. The Morgan fingerprint density at radius 1 is 1.27 bits per heavy atom. The van der Waals surface area contributed by atoms with Crippen molar-refractivity contribution in [1.29, 1.82) is 0 Å². The lowest BCUT2D eigenvalue weighted by molar-refractivity contribution is 0.0342. The maximum atomic E-state index is 5.94. The molecule has 0 unspecified atom stereocenters. The van der Waals surface area contributed by atoms with Crippen molar-refractivity contribution in [2.75, 3.05) is 16.8 Å². The number of thioether (sulfide) groups is 1. The minimum absolute atomic E-state index is 0.426. The molecular formula is C12H15BrOS. The first kappa shape index (κ1) is 11.5. The van der Waals surface area contributed by atoms with Crippen LogP contribution in [0.5, 0.6) is 0 Å². The highest BCUT2D eigenvalue weighted by atomic mass is 79.9. The zero-order valence-electron chi connectivity index (χ0n) is 8.56. The van der Waals surface area contributed by atoms with Crippen molar-refractivity contribution in [3.05, 3.63) is 35.9 Å². The van der Waals surface area contributed by atoms with Crippen LogP contribution < -0.4 is 0 Å². The second kappa shape index (κ2) is 5.92. The number of halogens is 1. The Bertz CT molecular complexity index is 291. The fourth-order valence-corrected chi connectivity index (χ4v) is 4.01. The molecule has 2 atom stereocenters. The molecule has 1 heterocycles. The van der Waals surface area contributed by atoms with Crippen LogP contribution in [-0.4, -0.2) is 22.9 Å². The van der Waals surface area contributed by atoms with E-state index in [1.807, 2.05) is 17.8 Å². The summed E-state index contributed by atoms with van der Waals surface area (Å²) in [6.07, 6.45) is 0.426. The lowest BCUT2D eigenvalue weighted by Crippen LogP contribution is -2.23. The standard InChI is InChI=1S/C12H15BrOS/c13-6-11-8-15-9-12(11)14-7-10-4-2-1-3-5-10/h1-5,11-12H,6-9H2/t11-,12-/m1/s1. The third-order valence-corrected chi connectivity index (χ3v) is 4.70. The van der Waals surface area contributed by atoms with Gasteiger partial charge in [0, 0.05) is 17.0 Å². The van der Waals surface area contributed by atoms with Gasteiger partial charge in [-0.05, 0) is 11.3 Å². The second-order valence-electron chi connectivity index (χ2n) is 3.79. The molecule has 1 fully saturated rings. The molecule has 1 nitrogen and oxygen atoms in total. The van der Waals surface area contributed by atoms with Crippen molar-refractivity contribution in [2.24, 2.45) is 5.92 Å². The van der Waals surface area contributed by atoms with Gasteiger partial charge in [0.25, 0.3) is 0 Å². The molecule has 1 aromatic carbocycles. The fraction of sp³-hybridized carbons (Fsp3) is 0.500. The van der Waals surface area contributed by atoms with Gasteiger partial charge in [0.15, 0.2) is 0 Å². The number of alkyl halides is 1. The molecule has 1 aliphatic heterocycles. The van der Waals surface area contributed by atoms with E-state index in [2.05, 4.69) is 40.2 Å². The van der Waals surface area contributed by atoms with Crippen LogP contribution in [0.4, 0.5) is 0 Å². The lowest BCUT2D eigenvalue weighted by Gasteiger charge is -2.17. The normalized spacial score (nSPS) is 25.7. The highest BCUT2D eigenvalue weighted by Crippen LogP contribution is 2.28. The Balaban J connectivity index is 1.83. The average Bonchev–Trinajstić information content (AvgIpc) is 2.75. The van der Waals surface area contributed by atoms with E-state index in [4.69, 9.17) is 4.74 Å². The van der Waals surface area contributed by atoms with Crippen LogP contribution in [0.2, 0.25) is 0 Å². The van der Waals surface area contributed by atoms with E-state index in [-0.39, 0.29) is 0 Å². The number of ether oxygens (including phenoxy) is 1. The second-order valence-corrected chi connectivity index (χ2v) is 5.51. The molecule has 0 aromatic heterocycles. The molecule has 0 amide bonds. The quantitative estimate of drug-likeness (QED) is 0.786. The molecule has 1 saturated heterocycles. The first-order chi connectivity index (χ1) is 7.40. The Hall–Kier alpha value is 0.01000. The van der Waals surface area contributed by atoms with Crippen molar-refractivity contribution in [2.45, 2.75) is 12.7 Å². The average molecular weight is 287 g/mol. The molecule has 0 saturated carbocycles. The molecule has 2 rings (SSSR count). The zero-order valence-corrected chi connectivity index (χ0v) is 11.0. The van der Waals surface area contributed by atoms with Crippen molar-refractivity contribution in [3.8, 4) is 0 Å². The summed E-state index contributed by atoms with van der Waals surface area (Å²) < 4.78 is 5.94. The maximum Gasteiger partial charge on any atom is 0.0721 e. The van der Waals surface area contributed by atoms with Gasteiger partial charge in [-0.15, -0.1) is 0 Å². The first-order valence-corrected chi connectivity index (χ1v) is 7.47. The monoisotopic (exact) mass is 286 g/mol. The van der Waals surface area contributed by atoms with Gasteiger partial charge in [-0.1, -0.05) is 46.3 Å². The van der Waals surface area contributed by atoms with Gasteiger partial charge < -0.3 is 4.74 Å². The summed E-state index contributed by atoms with van der Waals surface area (Å²) in [6.45, 7) is 0.746. The van der Waals surface area contributed by atoms with E-state index in [0.717, 1.165) is 17.7 Å². The maximum absolute atomic E-state index is 5.94. The van der Waals surface area contributed by atoms with E-state index in [1.54, 1.807) is 0 Å². The predicted molar refractivity (Wildman–Crippen MR) is 69.6 cm³/mol. The Kier molecular flexibility index (Phi) is 4.54. The fourth-order valence-electron chi connectivity index (χ4n) is 1.68. The number of rotatable bonds is 4. The van der Waals surface area contributed by atoms with Crippen molar-refractivity contribution in [1.82, 2.24) is 0 Å². The summed E-state index contributed by atoms with van der Waals surface area (Å²) in [6, 6.07) is 10.4. The van der Waals surface area contributed by atoms with Gasteiger partial charge in [-0.25, -0.2) is 0 Å². The SMILES string of the molecule is BrC[C@@H]1CSC[C@H]1OCc1ccccc1. The third-order valence-electron chi connectivity index (χ3n) is 2.64. The van der Waals surface area contributed by atoms with Crippen molar-refractivity contribution in [3.63, 3.8) is 0 Å². The van der Waals surface area contributed by atoms with E-state index < -0.39 is 0 Å². The summed E-state index contributed by atoms with van der Waals surface area (Å²) in [5, 5.41) is 1.06. The smallest absolute Gasteiger partial charge is 0.0721 e. The number of hydrogen-bond acceptors (Lipinski definition) is 2. The van der Waals surface area contributed by atoms with Gasteiger partial charge >= 0.3 is 0 Å². The van der Waals surface area contributed by atoms with E-state index in [0.29, 0.717) is 12.0 Å². The topological polar surface area (TPSA) is 9.23 Å². The summed E-state index contributed by atoms with van der Waals surface area (Å²) >= 11 is 5.54. The van der Waals surface area contributed by atoms with Crippen LogP contribution in [0, 0.1) is 5.92 Å². The molecule has 3 heteroatoms. The summed E-state index contributed by atoms with van der Waals surface area (Å²) in [4.78, 5) is 0. The molecule has 0 radical (unpaired) electrons. The first-order valence-electron chi connectivity index (χ1n) is 5.19. The van der Waals surface area contributed by atoms with Gasteiger partial charge in [0.1, 0.15) is 0 Å². The van der Waals surface area contributed by atoms with Crippen molar-refractivity contribution < 1.29 is 4.74 Å². The van der Waals surface area contributed by atoms with Crippen LogP contribution in [0.1, 0.15) is 5.56 Å². The van der Waals surface area contributed by atoms with Crippen LogP contribution in [0.3, 0.4) is 0 Å². The van der Waals surface area contributed by atoms with Gasteiger partial charge in [-0.3, -0.25) is 0 Å². The lowest BCUT2D eigenvalue weighted by atomic mass is 10.1. The molecular weight excluding hydrogens is 272 g/mol. The van der Waals surface area contributed by atoms with E-state index in [1.165, 1.54) is 11.3 Å². The molecule has 0 bridgehead atoms. The summed E-state index contributed by atoms with van der Waals surface area (Å²) in [7, 11) is 0. The third kappa shape index (κ3) is 3.23. The van der Waals surface area contributed by atoms with Crippen LogP contribution in [0.25, 0.3) is 0 Å². The largest absolute Gasteiger partial charge is 0.372 e. The van der Waals surface area contributed by atoms with Gasteiger partial charge in [0.2, 0.25) is 0 Å². The van der Waals surface area contributed by atoms with Gasteiger partial charge in [0.05, 0.1) is 12.7 Å². The minimum atomic E-state index is 0.426. The minimum Gasteiger partial charge on any atom is -0.372 e. The molecule has 15 heavy (non-hydrogen) atoms. The van der Waals surface area contributed by atoms with Crippen molar-refractivity contribution >= 4 is 27.7 Å². The molecule has 0 aliphatic carbocycles.